The second-order valence-electron chi connectivity index (χ2n) is 3.71. The molecule has 8 nitrogen and oxygen atoms in total. The average Bonchev–Trinajstić information content (AvgIpc) is 2.30. The number of nitrogens with zero attached hydrogens (tertiary/aromatic N) is 1. The van der Waals surface area contributed by atoms with Crippen molar-refractivity contribution in [2.45, 2.75) is 12.8 Å². The van der Waals surface area contributed by atoms with Crippen LogP contribution in [0, 0.1) is 0 Å². The lowest BCUT2D eigenvalue weighted by Crippen LogP contribution is -2.31. The van der Waals surface area contributed by atoms with E-state index in [0.717, 1.165) is 0 Å². The Morgan fingerprint density at radius 3 is 2.58 bits per heavy atom. The lowest BCUT2D eigenvalue weighted by atomic mass is 10.2. The van der Waals surface area contributed by atoms with Crippen LogP contribution in [0.2, 0.25) is 0 Å². The molecule has 8 heteroatoms. The largest absolute Gasteiger partial charge is 0.481 e. The molecule has 0 aliphatic rings. The maximum atomic E-state index is 11.4. The quantitative estimate of drug-likeness (QED) is 0.561. The highest BCUT2D eigenvalue weighted by Gasteiger charge is 2.04. The molecule has 0 fully saturated rings. The summed E-state index contributed by atoms with van der Waals surface area (Å²) in [6, 6.07) is 2.56. The summed E-state index contributed by atoms with van der Waals surface area (Å²) >= 11 is 0. The highest BCUT2D eigenvalue weighted by molar-refractivity contribution is 5.89. The molecular formula is C11H14N4O4. The van der Waals surface area contributed by atoms with Crippen LogP contribution in [0.25, 0.3) is 0 Å². The molecule has 0 aromatic carbocycles. The van der Waals surface area contributed by atoms with E-state index in [2.05, 4.69) is 15.6 Å². The average molecular weight is 266 g/mol. The van der Waals surface area contributed by atoms with Gasteiger partial charge in [0.1, 0.15) is 0 Å². The van der Waals surface area contributed by atoms with Gasteiger partial charge >= 0.3 is 12.0 Å². The van der Waals surface area contributed by atoms with Gasteiger partial charge in [0.15, 0.2) is 0 Å². The molecule has 1 aromatic heterocycles. The molecule has 102 valence electrons. The van der Waals surface area contributed by atoms with Gasteiger partial charge in [-0.15, -0.1) is 0 Å². The van der Waals surface area contributed by atoms with Gasteiger partial charge in [0, 0.05) is 13.0 Å². The summed E-state index contributed by atoms with van der Waals surface area (Å²) in [5, 5.41) is 13.5. The van der Waals surface area contributed by atoms with Gasteiger partial charge in [0.05, 0.1) is 24.0 Å². The molecule has 19 heavy (non-hydrogen) atoms. The van der Waals surface area contributed by atoms with Crippen molar-refractivity contribution in [3.8, 4) is 0 Å². The number of nitrogens with one attached hydrogen (secondary N) is 2. The van der Waals surface area contributed by atoms with Crippen molar-refractivity contribution >= 4 is 23.6 Å². The number of carboxylic acids is 1. The molecule has 0 saturated heterocycles. The number of nitrogens with two attached hydrogens (primary N) is 1. The predicted octanol–water partition coefficient (Wildman–Crippen LogP) is -0.294. The van der Waals surface area contributed by atoms with Crippen molar-refractivity contribution in [2.24, 2.45) is 5.73 Å². The van der Waals surface area contributed by atoms with Gasteiger partial charge in [0.25, 0.3) is 0 Å². The van der Waals surface area contributed by atoms with E-state index in [1.807, 2.05) is 0 Å². The Hall–Kier alpha value is -2.64. The Balaban J connectivity index is 2.42. The van der Waals surface area contributed by atoms with Crippen LogP contribution in [0.4, 0.5) is 10.5 Å². The van der Waals surface area contributed by atoms with Crippen LogP contribution in [-0.2, 0) is 16.0 Å². The lowest BCUT2D eigenvalue weighted by molar-refractivity contribution is -0.136. The van der Waals surface area contributed by atoms with Crippen LogP contribution in [0.15, 0.2) is 18.3 Å². The number of carboxylic acid groups (broad SMARTS) is 1. The third-order valence-corrected chi connectivity index (χ3v) is 2.07. The smallest absolute Gasteiger partial charge is 0.319 e. The molecule has 1 rings (SSSR count). The van der Waals surface area contributed by atoms with Gasteiger partial charge in [0.2, 0.25) is 5.91 Å². The summed E-state index contributed by atoms with van der Waals surface area (Å²) in [6.07, 6.45) is 1.24. The van der Waals surface area contributed by atoms with E-state index < -0.39 is 17.9 Å². The molecule has 0 atom stereocenters. The maximum absolute atomic E-state index is 11.4. The van der Waals surface area contributed by atoms with E-state index in [4.69, 9.17) is 10.8 Å². The number of hydrogen-bond donors (Lipinski definition) is 4. The molecule has 5 N–H and O–H groups in total. The topological polar surface area (TPSA) is 134 Å². The van der Waals surface area contributed by atoms with Crippen molar-refractivity contribution in [3.05, 3.63) is 24.0 Å². The number of rotatable bonds is 6. The zero-order chi connectivity index (χ0) is 14.3. The van der Waals surface area contributed by atoms with Crippen molar-refractivity contribution in [3.63, 3.8) is 0 Å². The zero-order valence-electron chi connectivity index (χ0n) is 10.0. The van der Waals surface area contributed by atoms with Crippen molar-refractivity contribution < 1.29 is 19.5 Å². The minimum atomic E-state index is -0.975. The van der Waals surface area contributed by atoms with Crippen LogP contribution in [0.3, 0.4) is 0 Å². The first-order chi connectivity index (χ1) is 8.97. The van der Waals surface area contributed by atoms with Gasteiger partial charge in [-0.3, -0.25) is 14.6 Å². The van der Waals surface area contributed by atoms with E-state index >= 15 is 0 Å². The minimum absolute atomic E-state index is 0.0587. The van der Waals surface area contributed by atoms with Crippen LogP contribution in [0.1, 0.15) is 12.1 Å². The van der Waals surface area contributed by atoms with Crippen LogP contribution in [-0.4, -0.2) is 34.5 Å². The standard InChI is InChI=1S/C11H14N4O4/c12-9(16)3-4-13-11(19)15-8-2-1-7(14-6-8)5-10(17)18/h1-2,6H,3-5H2,(H2,12,16)(H,17,18)(H2,13,15,19). The zero-order valence-corrected chi connectivity index (χ0v) is 10.0. The third kappa shape index (κ3) is 6.01. The number of aliphatic carboxylic acids is 1. The molecule has 1 aromatic rings. The highest BCUT2D eigenvalue weighted by Crippen LogP contribution is 2.06. The fourth-order valence-electron chi connectivity index (χ4n) is 1.23. The van der Waals surface area contributed by atoms with Gasteiger partial charge in [-0.25, -0.2) is 4.79 Å². The lowest BCUT2D eigenvalue weighted by Gasteiger charge is -2.06. The van der Waals surface area contributed by atoms with E-state index in [1.165, 1.54) is 12.3 Å². The number of carbonyl (C=O) groups is 3. The second kappa shape index (κ2) is 6.94. The Morgan fingerprint density at radius 1 is 1.32 bits per heavy atom. The first kappa shape index (κ1) is 14.4. The Labute approximate surface area is 109 Å². The van der Waals surface area contributed by atoms with Crippen LogP contribution < -0.4 is 16.4 Å². The predicted molar refractivity (Wildman–Crippen MR) is 66.4 cm³/mol. The van der Waals surface area contributed by atoms with Gasteiger partial charge in [-0.1, -0.05) is 0 Å². The summed E-state index contributed by atoms with van der Waals surface area (Å²) in [7, 11) is 0. The number of primary amides is 1. The second-order valence-corrected chi connectivity index (χ2v) is 3.71. The molecule has 0 spiro atoms. The molecule has 1 heterocycles. The number of hydrogen-bond acceptors (Lipinski definition) is 4. The van der Waals surface area contributed by atoms with Gasteiger partial charge in [-0.2, -0.15) is 0 Å². The van der Waals surface area contributed by atoms with E-state index in [9.17, 15) is 14.4 Å². The number of pyridine rings is 1. The summed E-state index contributed by atoms with van der Waals surface area (Å²) in [5.41, 5.74) is 5.74. The molecule has 0 radical (unpaired) electrons. The fourth-order valence-corrected chi connectivity index (χ4v) is 1.23. The van der Waals surface area contributed by atoms with E-state index in [0.29, 0.717) is 11.4 Å². The number of urea groups is 1. The Kier molecular flexibility index (Phi) is 5.27. The number of anilines is 1. The van der Waals surface area contributed by atoms with E-state index in [1.54, 1.807) is 6.07 Å². The Bertz CT molecular complexity index is 472. The molecule has 0 aliphatic heterocycles. The molecule has 0 unspecified atom stereocenters. The molecule has 3 amide bonds. The minimum Gasteiger partial charge on any atom is -0.481 e. The molecule has 0 bridgehead atoms. The third-order valence-electron chi connectivity index (χ3n) is 2.07. The summed E-state index contributed by atoms with van der Waals surface area (Å²) in [6.45, 7) is 0.145. The molecule has 0 saturated carbocycles. The van der Waals surface area contributed by atoms with Crippen LogP contribution in [0.5, 0.6) is 0 Å². The highest BCUT2D eigenvalue weighted by atomic mass is 16.4. The number of aromatic nitrogens is 1. The normalized spacial score (nSPS) is 9.68. The fraction of sp³-hybridized carbons (Fsp3) is 0.273. The van der Waals surface area contributed by atoms with Crippen molar-refractivity contribution in [2.75, 3.05) is 11.9 Å². The van der Waals surface area contributed by atoms with Gasteiger partial charge < -0.3 is 21.5 Å². The van der Waals surface area contributed by atoms with Crippen molar-refractivity contribution in [1.82, 2.24) is 10.3 Å². The molecule has 0 aliphatic carbocycles. The summed E-state index contributed by atoms with van der Waals surface area (Å²) < 4.78 is 0. The molecular weight excluding hydrogens is 252 g/mol. The van der Waals surface area contributed by atoms with Crippen LogP contribution >= 0.6 is 0 Å². The Morgan fingerprint density at radius 2 is 2.05 bits per heavy atom. The van der Waals surface area contributed by atoms with Gasteiger partial charge in [-0.05, 0) is 12.1 Å². The first-order valence-corrected chi connectivity index (χ1v) is 5.47. The van der Waals surface area contributed by atoms with E-state index in [-0.39, 0.29) is 19.4 Å². The summed E-state index contributed by atoms with van der Waals surface area (Å²) in [4.78, 5) is 36.1. The first-order valence-electron chi connectivity index (χ1n) is 5.47. The number of amides is 3. The van der Waals surface area contributed by atoms with Crippen molar-refractivity contribution in [1.29, 1.82) is 0 Å². The monoisotopic (exact) mass is 266 g/mol. The SMILES string of the molecule is NC(=O)CCNC(=O)Nc1ccc(CC(=O)O)nc1. The summed E-state index contributed by atoms with van der Waals surface area (Å²) in [5.74, 6) is -1.47. The maximum Gasteiger partial charge on any atom is 0.319 e. The number of carbonyl (C=O) groups excluding carboxylic acids is 2.